The lowest BCUT2D eigenvalue weighted by molar-refractivity contribution is 1.16. The van der Waals surface area contributed by atoms with E-state index in [0.717, 1.165) is 50.5 Å². The normalized spacial score (nSPS) is 11.6. The maximum Gasteiger partial charge on any atom is 0.160 e. The van der Waals surface area contributed by atoms with Gasteiger partial charge in [0.25, 0.3) is 0 Å². The first-order valence-electron chi connectivity index (χ1n) is 19.0. The highest BCUT2D eigenvalue weighted by atomic mass is 15.0. The summed E-state index contributed by atoms with van der Waals surface area (Å²) in [5.41, 5.74) is 14.2. The first-order chi connectivity index (χ1) is 27.8. The van der Waals surface area contributed by atoms with Crippen LogP contribution in [-0.2, 0) is 0 Å². The average molecular weight is 715 g/mol. The molecule has 0 atom stereocenters. The Kier molecular flexibility index (Phi) is 7.46. The maximum atomic E-state index is 5.15. The van der Waals surface area contributed by atoms with Crippen LogP contribution >= 0.6 is 0 Å². The Labute approximate surface area is 324 Å². The molecule has 56 heavy (non-hydrogen) atoms. The molecule has 0 spiro atoms. The second-order valence-electron chi connectivity index (χ2n) is 14.2. The van der Waals surface area contributed by atoms with Crippen LogP contribution in [0, 0.1) is 0 Å². The van der Waals surface area contributed by atoms with E-state index in [0.29, 0.717) is 5.82 Å². The average Bonchev–Trinajstić information content (AvgIpc) is 3.80. The number of fused-ring (bicyclic) bond motifs is 6. The monoisotopic (exact) mass is 714 g/mol. The Hall–Kier alpha value is -7.56. The second kappa shape index (κ2) is 13.1. The number of benzene rings is 8. The Morgan fingerprint density at radius 1 is 0.304 bits per heavy atom. The summed E-state index contributed by atoms with van der Waals surface area (Å²) in [6, 6.07) is 73.2. The summed E-state index contributed by atoms with van der Waals surface area (Å²) in [6.45, 7) is 0. The first kappa shape index (κ1) is 31.9. The van der Waals surface area contributed by atoms with Crippen molar-refractivity contribution in [1.82, 2.24) is 19.1 Å². The van der Waals surface area contributed by atoms with Gasteiger partial charge in [-0.3, -0.25) is 0 Å². The molecule has 0 aliphatic heterocycles. The SMILES string of the molecule is c1ccc(-c2cc(-c3cccc(-n4c5ccccc5c5c(-c6ccc7c(c6)c6ccccc6n7-c6ccccc6)cccc54)c3)nc(-c3ccccc3)n2)cc1. The molecule has 11 aromatic rings. The maximum absolute atomic E-state index is 5.15. The molecule has 0 aliphatic rings. The molecule has 4 nitrogen and oxygen atoms in total. The molecule has 0 bridgehead atoms. The van der Waals surface area contributed by atoms with E-state index < -0.39 is 0 Å². The molecule has 0 aliphatic carbocycles. The van der Waals surface area contributed by atoms with Gasteiger partial charge in [0, 0.05) is 49.6 Å². The standard InChI is InChI=1S/C52H34N4/c1-4-16-35(17-5-1)45-34-46(54-52(53-45)36-18-6-2-7-19-36)38-20-14-23-40(32-38)56-48-28-13-11-25-43(48)51-41(26-15-29-50(51)56)37-30-31-49-44(33-37)42-24-10-12-27-47(42)55(49)39-21-8-3-9-22-39/h1-34H. The predicted molar refractivity (Wildman–Crippen MR) is 232 cm³/mol. The van der Waals surface area contributed by atoms with Crippen molar-refractivity contribution in [3.8, 4) is 56.4 Å². The Bertz CT molecular complexity index is 3170. The fourth-order valence-corrected chi connectivity index (χ4v) is 8.41. The lowest BCUT2D eigenvalue weighted by atomic mass is 9.98. The lowest BCUT2D eigenvalue weighted by Crippen LogP contribution is -1.97. The number of hydrogen-bond donors (Lipinski definition) is 0. The van der Waals surface area contributed by atoms with Gasteiger partial charge in [-0.1, -0.05) is 146 Å². The zero-order valence-corrected chi connectivity index (χ0v) is 30.4. The van der Waals surface area contributed by atoms with Gasteiger partial charge in [-0.2, -0.15) is 0 Å². The van der Waals surface area contributed by atoms with Crippen molar-refractivity contribution in [1.29, 1.82) is 0 Å². The summed E-state index contributed by atoms with van der Waals surface area (Å²) in [7, 11) is 0. The molecule has 0 saturated heterocycles. The summed E-state index contributed by atoms with van der Waals surface area (Å²) in [5, 5.41) is 4.94. The molecular formula is C52H34N4. The third-order valence-corrected chi connectivity index (χ3v) is 10.9. The number of hydrogen-bond acceptors (Lipinski definition) is 2. The van der Waals surface area contributed by atoms with E-state index in [1.54, 1.807) is 0 Å². The van der Waals surface area contributed by atoms with Gasteiger partial charge >= 0.3 is 0 Å². The zero-order valence-electron chi connectivity index (χ0n) is 30.4. The molecule has 8 aromatic carbocycles. The molecule has 3 heterocycles. The van der Waals surface area contributed by atoms with Gasteiger partial charge in [-0.15, -0.1) is 0 Å². The Morgan fingerprint density at radius 3 is 1.61 bits per heavy atom. The van der Waals surface area contributed by atoms with Crippen molar-refractivity contribution in [2.24, 2.45) is 0 Å². The van der Waals surface area contributed by atoms with Crippen LogP contribution in [0.15, 0.2) is 206 Å². The van der Waals surface area contributed by atoms with E-state index in [9.17, 15) is 0 Å². The number of nitrogens with zero attached hydrogens (tertiary/aromatic N) is 4. The summed E-state index contributed by atoms with van der Waals surface area (Å²) in [5.74, 6) is 0.706. The van der Waals surface area contributed by atoms with Gasteiger partial charge in [-0.25, -0.2) is 9.97 Å². The summed E-state index contributed by atoms with van der Waals surface area (Å²) in [4.78, 5) is 10.2. The lowest BCUT2D eigenvalue weighted by Gasteiger charge is -2.12. The number of rotatable bonds is 6. The highest BCUT2D eigenvalue weighted by molar-refractivity contribution is 6.17. The summed E-state index contributed by atoms with van der Waals surface area (Å²) >= 11 is 0. The van der Waals surface area contributed by atoms with E-state index in [2.05, 4.69) is 191 Å². The molecule has 0 N–H and O–H groups in total. The van der Waals surface area contributed by atoms with Crippen molar-refractivity contribution in [2.45, 2.75) is 0 Å². The van der Waals surface area contributed by atoms with Crippen molar-refractivity contribution >= 4 is 43.6 Å². The van der Waals surface area contributed by atoms with E-state index in [-0.39, 0.29) is 0 Å². The van der Waals surface area contributed by atoms with E-state index in [1.165, 1.54) is 43.7 Å². The van der Waals surface area contributed by atoms with Crippen molar-refractivity contribution in [3.05, 3.63) is 206 Å². The Balaban J connectivity index is 1.09. The van der Waals surface area contributed by atoms with Crippen LogP contribution in [-0.4, -0.2) is 19.1 Å². The first-order valence-corrected chi connectivity index (χ1v) is 19.0. The highest BCUT2D eigenvalue weighted by Gasteiger charge is 2.19. The van der Waals surface area contributed by atoms with Crippen molar-refractivity contribution in [2.75, 3.05) is 0 Å². The highest BCUT2D eigenvalue weighted by Crippen LogP contribution is 2.41. The van der Waals surface area contributed by atoms with E-state index >= 15 is 0 Å². The molecular weight excluding hydrogens is 681 g/mol. The fourth-order valence-electron chi connectivity index (χ4n) is 8.41. The largest absolute Gasteiger partial charge is 0.309 e. The van der Waals surface area contributed by atoms with E-state index in [4.69, 9.17) is 9.97 Å². The van der Waals surface area contributed by atoms with Crippen LogP contribution < -0.4 is 0 Å². The van der Waals surface area contributed by atoms with Crippen LogP contribution in [0.25, 0.3) is 100 Å². The minimum Gasteiger partial charge on any atom is -0.309 e. The van der Waals surface area contributed by atoms with Gasteiger partial charge in [0.15, 0.2) is 5.82 Å². The summed E-state index contributed by atoms with van der Waals surface area (Å²) in [6.07, 6.45) is 0. The van der Waals surface area contributed by atoms with Gasteiger partial charge in [0.2, 0.25) is 0 Å². The van der Waals surface area contributed by atoms with Crippen LogP contribution in [0.2, 0.25) is 0 Å². The van der Waals surface area contributed by atoms with Crippen molar-refractivity contribution in [3.63, 3.8) is 0 Å². The zero-order chi connectivity index (χ0) is 37.0. The minimum absolute atomic E-state index is 0.706. The van der Waals surface area contributed by atoms with Gasteiger partial charge < -0.3 is 9.13 Å². The molecule has 0 fully saturated rings. The van der Waals surface area contributed by atoms with Gasteiger partial charge in [0.05, 0.1) is 33.5 Å². The Morgan fingerprint density at radius 2 is 0.839 bits per heavy atom. The molecule has 4 heteroatoms. The second-order valence-corrected chi connectivity index (χ2v) is 14.2. The van der Waals surface area contributed by atoms with Crippen LogP contribution in [0.5, 0.6) is 0 Å². The molecule has 11 rings (SSSR count). The molecule has 3 aromatic heterocycles. The third kappa shape index (κ3) is 5.23. The van der Waals surface area contributed by atoms with Gasteiger partial charge in [0.1, 0.15) is 0 Å². The topological polar surface area (TPSA) is 35.6 Å². The molecule has 0 amide bonds. The smallest absolute Gasteiger partial charge is 0.160 e. The molecule has 0 unspecified atom stereocenters. The molecule has 0 radical (unpaired) electrons. The van der Waals surface area contributed by atoms with Crippen LogP contribution in [0.3, 0.4) is 0 Å². The van der Waals surface area contributed by atoms with Gasteiger partial charge in [-0.05, 0) is 71.8 Å². The predicted octanol–water partition coefficient (Wildman–Crippen LogP) is 13.3. The van der Waals surface area contributed by atoms with Crippen LogP contribution in [0.1, 0.15) is 0 Å². The molecule has 262 valence electrons. The fraction of sp³-hybridized carbons (Fsp3) is 0. The third-order valence-electron chi connectivity index (χ3n) is 10.9. The molecule has 0 saturated carbocycles. The summed E-state index contributed by atoms with van der Waals surface area (Å²) < 4.78 is 4.77. The van der Waals surface area contributed by atoms with Crippen LogP contribution in [0.4, 0.5) is 0 Å². The number of aromatic nitrogens is 4. The number of para-hydroxylation sites is 3. The van der Waals surface area contributed by atoms with Crippen molar-refractivity contribution < 1.29 is 0 Å². The minimum atomic E-state index is 0.706. The quantitative estimate of drug-likeness (QED) is 0.172. The van der Waals surface area contributed by atoms with E-state index in [1.807, 2.05) is 24.3 Å².